The number of nitrogens with zero attached hydrogens (tertiary/aromatic N) is 4. The van der Waals surface area contributed by atoms with Gasteiger partial charge in [0.05, 0.1) is 0 Å². The van der Waals surface area contributed by atoms with E-state index in [0.717, 1.165) is 30.6 Å². The van der Waals surface area contributed by atoms with E-state index in [2.05, 4.69) is 60.0 Å². The van der Waals surface area contributed by atoms with Gasteiger partial charge in [0.1, 0.15) is 0 Å². The van der Waals surface area contributed by atoms with Gasteiger partial charge in [-0.2, -0.15) is 0 Å². The molecule has 0 saturated carbocycles. The number of aromatic nitrogens is 2. The Morgan fingerprint density at radius 2 is 2.24 bits per heavy atom. The number of nitrogens with one attached hydrogen (secondary N) is 1. The summed E-state index contributed by atoms with van der Waals surface area (Å²) in [5, 5.41) is 3.42. The predicted molar refractivity (Wildman–Crippen MR) is 87.6 cm³/mol. The monoisotopic (exact) mass is 291 g/mol. The Morgan fingerprint density at radius 1 is 1.48 bits per heavy atom. The van der Waals surface area contributed by atoms with Crippen molar-refractivity contribution in [1.82, 2.24) is 20.2 Å². The van der Waals surface area contributed by atoms with Crippen LogP contribution < -0.4 is 10.2 Å². The van der Waals surface area contributed by atoms with Gasteiger partial charge in [-0.05, 0) is 32.9 Å². The number of anilines is 1. The van der Waals surface area contributed by atoms with Gasteiger partial charge in [-0.1, -0.05) is 13.8 Å². The minimum absolute atomic E-state index is 0.478. The normalized spacial score (nSPS) is 19.4. The smallest absolute Gasteiger partial charge is 0.225 e. The Morgan fingerprint density at radius 3 is 2.81 bits per heavy atom. The van der Waals surface area contributed by atoms with Crippen molar-refractivity contribution in [3.8, 4) is 0 Å². The molecule has 118 valence electrons. The summed E-state index contributed by atoms with van der Waals surface area (Å²) in [4.78, 5) is 13.8. The highest BCUT2D eigenvalue weighted by molar-refractivity contribution is 5.32. The van der Waals surface area contributed by atoms with Crippen LogP contribution in [-0.4, -0.2) is 54.6 Å². The van der Waals surface area contributed by atoms with Gasteiger partial charge in [0.2, 0.25) is 5.95 Å². The van der Waals surface area contributed by atoms with Crippen LogP contribution in [0.25, 0.3) is 0 Å². The largest absolute Gasteiger partial charge is 0.344 e. The fourth-order valence-electron chi connectivity index (χ4n) is 2.80. The number of aryl methyl sites for hydroxylation is 1. The lowest BCUT2D eigenvalue weighted by atomic mass is 10.1. The van der Waals surface area contributed by atoms with Gasteiger partial charge in [0.15, 0.2) is 0 Å². The topological polar surface area (TPSA) is 44.3 Å². The first-order valence-electron chi connectivity index (χ1n) is 7.91. The maximum absolute atomic E-state index is 4.67. The summed E-state index contributed by atoms with van der Waals surface area (Å²) in [6.07, 6.45) is 3.24. The third-order valence-corrected chi connectivity index (χ3v) is 4.13. The summed E-state index contributed by atoms with van der Waals surface area (Å²) in [5.74, 6) is 1.57. The zero-order chi connectivity index (χ0) is 15.4. The van der Waals surface area contributed by atoms with Gasteiger partial charge in [-0.15, -0.1) is 0 Å². The van der Waals surface area contributed by atoms with E-state index < -0.39 is 0 Å². The molecule has 2 rings (SSSR count). The molecule has 1 unspecified atom stereocenters. The molecule has 0 aromatic carbocycles. The van der Waals surface area contributed by atoms with Crippen molar-refractivity contribution in [1.29, 1.82) is 0 Å². The standard InChI is InChI=1S/C16H29N5/c1-12(2)17-8-15-9-18-16(19-13(15)3)21(5)11-14-6-7-20(4)10-14/h9,12,14,17H,6-8,10-11H2,1-5H3. The Bertz CT molecular complexity index is 460. The third-order valence-electron chi connectivity index (χ3n) is 4.13. The van der Waals surface area contributed by atoms with Crippen molar-refractivity contribution in [2.45, 2.75) is 39.8 Å². The second-order valence-corrected chi connectivity index (χ2v) is 6.61. The van der Waals surface area contributed by atoms with E-state index in [4.69, 9.17) is 0 Å². The Labute approximate surface area is 128 Å². The van der Waals surface area contributed by atoms with Crippen molar-refractivity contribution in [3.05, 3.63) is 17.5 Å². The summed E-state index contributed by atoms with van der Waals surface area (Å²) in [6, 6.07) is 0.478. The van der Waals surface area contributed by atoms with Crippen LogP contribution in [0.5, 0.6) is 0 Å². The maximum atomic E-state index is 4.67. The molecule has 1 N–H and O–H groups in total. The molecular weight excluding hydrogens is 262 g/mol. The van der Waals surface area contributed by atoms with Crippen LogP contribution in [0.3, 0.4) is 0 Å². The van der Waals surface area contributed by atoms with Crippen molar-refractivity contribution in [2.24, 2.45) is 5.92 Å². The molecule has 1 aliphatic heterocycles. The van der Waals surface area contributed by atoms with E-state index in [1.165, 1.54) is 25.1 Å². The highest BCUT2D eigenvalue weighted by Gasteiger charge is 2.21. The molecule has 2 heterocycles. The Hall–Kier alpha value is -1.20. The van der Waals surface area contributed by atoms with Gasteiger partial charge in [-0.3, -0.25) is 0 Å². The van der Waals surface area contributed by atoms with E-state index in [-0.39, 0.29) is 0 Å². The van der Waals surface area contributed by atoms with Crippen LogP contribution in [-0.2, 0) is 6.54 Å². The molecule has 1 aromatic heterocycles. The predicted octanol–water partition coefficient (Wildman–Crippen LogP) is 1.67. The lowest BCUT2D eigenvalue weighted by Crippen LogP contribution is -2.29. The van der Waals surface area contributed by atoms with Crippen LogP contribution in [0.1, 0.15) is 31.5 Å². The molecule has 1 aromatic rings. The van der Waals surface area contributed by atoms with Gasteiger partial charge in [0, 0.05) is 50.2 Å². The van der Waals surface area contributed by atoms with Crippen LogP contribution in [0.15, 0.2) is 6.20 Å². The highest BCUT2D eigenvalue weighted by atomic mass is 15.2. The summed E-state index contributed by atoms with van der Waals surface area (Å²) >= 11 is 0. The summed E-state index contributed by atoms with van der Waals surface area (Å²) < 4.78 is 0. The van der Waals surface area contributed by atoms with E-state index >= 15 is 0 Å². The molecule has 0 spiro atoms. The number of rotatable bonds is 6. The van der Waals surface area contributed by atoms with Gasteiger partial charge in [0.25, 0.3) is 0 Å². The first-order valence-corrected chi connectivity index (χ1v) is 7.91. The maximum Gasteiger partial charge on any atom is 0.225 e. The first-order chi connectivity index (χ1) is 9.95. The van der Waals surface area contributed by atoms with E-state index in [0.29, 0.717) is 6.04 Å². The van der Waals surface area contributed by atoms with E-state index in [1.807, 2.05) is 6.20 Å². The van der Waals surface area contributed by atoms with E-state index in [1.54, 1.807) is 0 Å². The first kappa shape index (κ1) is 16.2. The zero-order valence-corrected chi connectivity index (χ0v) is 14.1. The minimum Gasteiger partial charge on any atom is -0.344 e. The molecule has 1 atom stereocenters. The molecule has 21 heavy (non-hydrogen) atoms. The van der Waals surface area contributed by atoms with E-state index in [9.17, 15) is 0 Å². The average molecular weight is 291 g/mol. The average Bonchev–Trinajstić information content (AvgIpc) is 2.82. The molecule has 1 saturated heterocycles. The van der Waals surface area contributed by atoms with Crippen molar-refractivity contribution in [2.75, 3.05) is 38.6 Å². The molecule has 1 fully saturated rings. The molecular formula is C16H29N5. The molecule has 5 nitrogen and oxygen atoms in total. The minimum atomic E-state index is 0.478. The second-order valence-electron chi connectivity index (χ2n) is 6.61. The molecule has 0 amide bonds. The SMILES string of the molecule is Cc1nc(N(C)CC2CCN(C)C2)ncc1CNC(C)C. The quantitative estimate of drug-likeness (QED) is 0.864. The van der Waals surface area contributed by atoms with Crippen LogP contribution >= 0.6 is 0 Å². The number of hydrogen-bond donors (Lipinski definition) is 1. The lowest BCUT2D eigenvalue weighted by molar-refractivity contribution is 0.395. The molecule has 1 aliphatic rings. The lowest BCUT2D eigenvalue weighted by Gasteiger charge is -2.22. The molecule has 5 heteroatoms. The van der Waals surface area contributed by atoms with Crippen molar-refractivity contribution in [3.63, 3.8) is 0 Å². The Balaban J connectivity index is 1.95. The van der Waals surface area contributed by atoms with Crippen LogP contribution in [0.4, 0.5) is 5.95 Å². The second kappa shape index (κ2) is 7.18. The molecule has 0 bridgehead atoms. The summed E-state index contributed by atoms with van der Waals surface area (Å²) in [7, 11) is 4.29. The van der Waals surface area contributed by atoms with Crippen molar-refractivity contribution >= 4 is 5.95 Å². The van der Waals surface area contributed by atoms with Crippen LogP contribution in [0, 0.1) is 12.8 Å². The van der Waals surface area contributed by atoms with Gasteiger partial charge >= 0.3 is 0 Å². The van der Waals surface area contributed by atoms with Crippen molar-refractivity contribution < 1.29 is 0 Å². The Kier molecular flexibility index (Phi) is 5.53. The van der Waals surface area contributed by atoms with Gasteiger partial charge < -0.3 is 15.1 Å². The summed E-state index contributed by atoms with van der Waals surface area (Å²) in [5.41, 5.74) is 2.25. The molecule has 0 radical (unpaired) electrons. The fourth-order valence-corrected chi connectivity index (χ4v) is 2.80. The summed E-state index contributed by atoms with van der Waals surface area (Å²) in [6.45, 7) is 10.6. The zero-order valence-electron chi connectivity index (χ0n) is 14.1. The third kappa shape index (κ3) is 4.64. The number of likely N-dealkylation sites (tertiary alicyclic amines) is 1. The van der Waals surface area contributed by atoms with Gasteiger partial charge in [-0.25, -0.2) is 9.97 Å². The number of hydrogen-bond acceptors (Lipinski definition) is 5. The van der Waals surface area contributed by atoms with Crippen LogP contribution in [0.2, 0.25) is 0 Å². The molecule has 0 aliphatic carbocycles. The fraction of sp³-hybridized carbons (Fsp3) is 0.750. The highest BCUT2D eigenvalue weighted by Crippen LogP contribution is 2.18.